The third-order valence-corrected chi connectivity index (χ3v) is 4.25. The zero-order valence-corrected chi connectivity index (χ0v) is 10.6. The number of halogens is 2. The van der Waals surface area contributed by atoms with Crippen molar-refractivity contribution in [3.8, 4) is 0 Å². The number of hydrogen-bond acceptors (Lipinski definition) is 4. The summed E-state index contributed by atoms with van der Waals surface area (Å²) in [5.74, 6) is 0.755. The summed E-state index contributed by atoms with van der Waals surface area (Å²) in [6.07, 6.45) is 0. The van der Waals surface area contributed by atoms with Crippen LogP contribution in [-0.2, 0) is 5.75 Å². The molecule has 2 nitrogen and oxygen atoms in total. The van der Waals surface area contributed by atoms with Crippen LogP contribution in [0.3, 0.4) is 0 Å². The van der Waals surface area contributed by atoms with E-state index in [1.807, 2.05) is 24.3 Å². The summed E-state index contributed by atoms with van der Waals surface area (Å²) in [5, 5.41) is 2.00. The van der Waals surface area contributed by atoms with E-state index in [0.29, 0.717) is 5.15 Å². The smallest absolute Gasteiger partial charge is 0.165 e. The van der Waals surface area contributed by atoms with Crippen molar-refractivity contribution < 1.29 is 0 Å². The van der Waals surface area contributed by atoms with Gasteiger partial charge in [0.05, 0.1) is 11.7 Å². The highest BCUT2D eigenvalue weighted by Gasteiger charge is 2.07. The van der Waals surface area contributed by atoms with Gasteiger partial charge in [-0.2, -0.15) is 8.75 Å². The van der Waals surface area contributed by atoms with Crippen molar-refractivity contribution >= 4 is 46.7 Å². The molecule has 15 heavy (non-hydrogen) atoms. The molecule has 6 heteroatoms. The fraction of sp³-hybridized carbons (Fsp3) is 0.111. The number of thioether (sulfide) groups is 1. The lowest BCUT2D eigenvalue weighted by Gasteiger charge is -2.01. The summed E-state index contributed by atoms with van der Waals surface area (Å²) in [7, 11) is 0. The summed E-state index contributed by atoms with van der Waals surface area (Å²) in [4.78, 5) is 0. The normalized spacial score (nSPS) is 10.5. The molecule has 0 amide bonds. The molecule has 0 fully saturated rings. The van der Waals surface area contributed by atoms with Gasteiger partial charge >= 0.3 is 0 Å². The van der Waals surface area contributed by atoms with Gasteiger partial charge in [-0.1, -0.05) is 53.2 Å². The van der Waals surface area contributed by atoms with Gasteiger partial charge in [0.1, 0.15) is 5.03 Å². The first kappa shape index (κ1) is 11.2. The lowest BCUT2D eigenvalue weighted by molar-refractivity contribution is 1.25. The highest BCUT2D eigenvalue weighted by molar-refractivity contribution is 7.98. The SMILES string of the molecule is Clc1ccccc1CSc1nsnc1Cl. The molecule has 2 aromatic rings. The molecule has 2 rings (SSSR count). The summed E-state index contributed by atoms with van der Waals surface area (Å²) in [6, 6.07) is 7.73. The van der Waals surface area contributed by atoms with Crippen LogP contribution in [0.5, 0.6) is 0 Å². The van der Waals surface area contributed by atoms with E-state index in [0.717, 1.165) is 33.1 Å². The van der Waals surface area contributed by atoms with Crippen LogP contribution in [-0.4, -0.2) is 8.75 Å². The Morgan fingerprint density at radius 3 is 2.67 bits per heavy atom. The minimum absolute atomic E-state index is 0.469. The molecule has 0 radical (unpaired) electrons. The Morgan fingerprint density at radius 1 is 1.20 bits per heavy atom. The molecule has 1 aromatic heterocycles. The molecule has 0 spiro atoms. The molecule has 0 N–H and O–H groups in total. The lowest BCUT2D eigenvalue weighted by atomic mass is 10.2. The molecule has 0 unspecified atom stereocenters. The van der Waals surface area contributed by atoms with E-state index in [4.69, 9.17) is 23.2 Å². The van der Waals surface area contributed by atoms with Gasteiger partial charge in [0, 0.05) is 10.8 Å². The zero-order chi connectivity index (χ0) is 10.7. The van der Waals surface area contributed by atoms with Crippen molar-refractivity contribution in [2.45, 2.75) is 10.8 Å². The van der Waals surface area contributed by atoms with Crippen molar-refractivity contribution in [1.29, 1.82) is 0 Å². The van der Waals surface area contributed by atoms with Gasteiger partial charge < -0.3 is 0 Å². The third kappa shape index (κ3) is 2.84. The van der Waals surface area contributed by atoms with Gasteiger partial charge in [0.25, 0.3) is 0 Å². The highest BCUT2D eigenvalue weighted by Crippen LogP contribution is 2.29. The minimum atomic E-state index is 0.469. The molecule has 0 saturated heterocycles. The maximum absolute atomic E-state index is 6.02. The maximum Gasteiger partial charge on any atom is 0.176 e. The van der Waals surface area contributed by atoms with E-state index in [1.54, 1.807) is 11.8 Å². The molecule has 0 bridgehead atoms. The molecule has 78 valence electrons. The van der Waals surface area contributed by atoms with Crippen LogP contribution < -0.4 is 0 Å². The van der Waals surface area contributed by atoms with Gasteiger partial charge in [-0.25, -0.2) is 0 Å². The number of benzene rings is 1. The molecule has 0 saturated carbocycles. The Hall–Kier alpha value is -0.290. The molecule has 1 aromatic carbocycles. The predicted octanol–water partition coefficient (Wildman–Crippen LogP) is 4.14. The largest absolute Gasteiger partial charge is 0.176 e. The predicted molar refractivity (Wildman–Crippen MR) is 65.9 cm³/mol. The number of nitrogens with zero attached hydrogens (tertiary/aromatic N) is 2. The van der Waals surface area contributed by atoms with Crippen LogP contribution in [0.2, 0.25) is 10.2 Å². The van der Waals surface area contributed by atoms with Crippen LogP contribution in [0, 0.1) is 0 Å². The van der Waals surface area contributed by atoms with Crippen LogP contribution in [0.15, 0.2) is 29.3 Å². The zero-order valence-electron chi connectivity index (χ0n) is 7.48. The van der Waals surface area contributed by atoms with E-state index >= 15 is 0 Å². The van der Waals surface area contributed by atoms with Crippen LogP contribution >= 0.6 is 46.7 Å². The van der Waals surface area contributed by atoms with E-state index in [2.05, 4.69) is 8.75 Å². The second-order valence-electron chi connectivity index (χ2n) is 2.74. The van der Waals surface area contributed by atoms with Gasteiger partial charge in [-0.05, 0) is 11.6 Å². The molecule has 1 heterocycles. The Balaban J connectivity index is 2.06. The number of hydrogen-bond donors (Lipinski definition) is 0. The monoisotopic (exact) mass is 276 g/mol. The Labute approximate surface area is 106 Å². The first-order valence-corrected chi connectivity index (χ1v) is 6.59. The molecular weight excluding hydrogens is 271 g/mol. The molecule has 0 aliphatic carbocycles. The Kier molecular flexibility index (Phi) is 3.86. The summed E-state index contributed by atoms with van der Waals surface area (Å²) in [5.41, 5.74) is 1.08. The molecular formula is C9H6Cl2N2S2. The topological polar surface area (TPSA) is 25.8 Å². The standard InChI is InChI=1S/C9H6Cl2N2S2/c10-7-4-2-1-3-6(7)5-14-9-8(11)12-15-13-9/h1-4H,5H2. The van der Waals surface area contributed by atoms with Gasteiger partial charge in [0.2, 0.25) is 0 Å². The fourth-order valence-electron chi connectivity index (χ4n) is 1.02. The van der Waals surface area contributed by atoms with E-state index in [9.17, 15) is 0 Å². The van der Waals surface area contributed by atoms with E-state index < -0.39 is 0 Å². The van der Waals surface area contributed by atoms with Gasteiger partial charge in [-0.15, -0.1) is 0 Å². The maximum atomic E-state index is 6.02. The quantitative estimate of drug-likeness (QED) is 0.789. The Morgan fingerprint density at radius 2 is 2.00 bits per heavy atom. The minimum Gasteiger partial charge on any atom is -0.165 e. The number of rotatable bonds is 3. The summed E-state index contributed by atoms with van der Waals surface area (Å²) < 4.78 is 7.97. The van der Waals surface area contributed by atoms with Gasteiger partial charge in [-0.3, -0.25) is 0 Å². The van der Waals surface area contributed by atoms with Crippen molar-refractivity contribution in [2.75, 3.05) is 0 Å². The van der Waals surface area contributed by atoms with Crippen LogP contribution in [0.4, 0.5) is 0 Å². The summed E-state index contributed by atoms with van der Waals surface area (Å²) in [6.45, 7) is 0. The average Bonchev–Trinajstić information content (AvgIpc) is 2.63. The molecule has 0 atom stereocenters. The first-order valence-electron chi connectivity index (χ1n) is 4.11. The summed E-state index contributed by atoms with van der Waals surface area (Å²) >= 11 is 14.5. The van der Waals surface area contributed by atoms with E-state index in [-0.39, 0.29) is 0 Å². The molecule has 0 aliphatic heterocycles. The first-order chi connectivity index (χ1) is 7.27. The number of aromatic nitrogens is 2. The van der Waals surface area contributed by atoms with Crippen LogP contribution in [0.1, 0.15) is 5.56 Å². The molecule has 0 aliphatic rings. The van der Waals surface area contributed by atoms with E-state index in [1.165, 1.54) is 0 Å². The fourth-order valence-corrected chi connectivity index (χ4v) is 3.08. The lowest BCUT2D eigenvalue weighted by Crippen LogP contribution is -1.82. The van der Waals surface area contributed by atoms with Gasteiger partial charge in [0.15, 0.2) is 5.15 Å². The highest BCUT2D eigenvalue weighted by atomic mass is 35.5. The van der Waals surface area contributed by atoms with Crippen molar-refractivity contribution in [3.63, 3.8) is 0 Å². The average molecular weight is 277 g/mol. The van der Waals surface area contributed by atoms with Crippen LogP contribution in [0.25, 0.3) is 0 Å². The third-order valence-electron chi connectivity index (χ3n) is 1.74. The van der Waals surface area contributed by atoms with Crippen molar-refractivity contribution in [2.24, 2.45) is 0 Å². The van der Waals surface area contributed by atoms with Crippen molar-refractivity contribution in [1.82, 2.24) is 8.75 Å². The second kappa shape index (κ2) is 5.16. The Bertz CT molecular complexity index is 459. The second-order valence-corrected chi connectivity index (χ2v) is 5.00. The van der Waals surface area contributed by atoms with Crippen molar-refractivity contribution in [3.05, 3.63) is 40.0 Å².